The van der Waals surface area contributed by atoms with Crippen LogP contribution in [-0.2, 0) is 32.6 Å². The van der Waals surface area contributed by atoms with Crippen LogP contribution in [0.3, 0.4) is 0 Å². The third-order valence-electron chi connectivity index (χ3n) is 6.04. The highest BCUT2D eigenvalue weighted by atomic mass is 32.2. The second kappa shape index (κ2) is 10.7. The number of carbonyl (C=O) groups is 2. The molecule has 3 aromatic rings. The van der Waals surface area contributed by atoms with Gasteiger partial charge in [0.2, 0.25) is 11.8 Å². The molecule has 35 heavy (non-hydrogen) atoms. The molecule has 1 heterocycles. The van der Waals surface area contributed by atoms with Crippen LogP contribution in [-0.4, -0.2) is 33.3 Å². The summed E-state index contributed by atoms with van der Waals surface area (Å²) in [7, 11) is -3.95. The van der Waals surface area contributed by atoms with Gasteiger partial charge in [-0.2, -0.15) is 0 Å². The summed E-state index contributed by atoms with van der Waals surface area (Å²) < 4.78 is 28.0. The fourth-order valence-electron chi connectivity index (χ4n) is 4.08. The SMILES string of the molecule is CCc1ccc(N(CC(=O)NCc2cccc(N3CCCC3=O)c2)S(=O)(=O)c2ccccc2)cc1. The minimum absolute atomic E-state index is 0.0991. The summed E-state index contributed by atoms with van der Waals surface area (Å²) in [6.07, 6.45) is 2.21. The molecule has 0 spiro atoms. The lowest BCUT2D eigenvalue weighted by atomic mass is 10.1. The first-order valence-corrected chi connectivity index (χ1v) is 13.1. The second-order valence-electron chi connectivity index (χ2n) is 8.44. The summed E-state index contributed by atoms with van der Waals surface area (Å²) in [4.78, 5) is 26.8. The van der Waals surface area contributed by atoms with Crippen LogP contribution < -0.4 is 14.5 Å². The van der Waals surface area contributed by atoms with Gasteiger partial charge in [0.1, 0.15) is 6.54 Å². The zero-order valence-electron chi connectivity index (χ0n) is 19.7. The molecule has 1 fully saturated rings. The van der Waals surface area contributed by atoms with Gasteiger partial charge in [0, 0.05) is 25.2 Å². The molecule has 3 aromatic carbocycles. The monoisotopic (exact) mass is 491 g/mol. The molecule has 0 unspecified atom stereocenters. The maximum absolute atomic E-state index is 13.4. The highest BCUT2D eigenvalue weighted by molar-refractivity contribution is 7.92. The molecule has 0 bridgehead atoms. The van der Waals surface area contributed by atoms with Crippen LogP contribution in [0.2, 0.25) is 0 Å². The Kier molecular flexibility index (Phi) is 7.51. The Morgan fingerprint density at radius 3 is 2.37 bits per heavy atom. The Morgan fingerprint density at radius 1 is 0.971 bits per heavy atom. The molecule has 7 nitrogen and oxygen atoms in total. The van der Waals surface area contributed by atoms with E-state index in [0.717, 1.165) is 34.0 Å². The molecule has 0 saturated carbocycles. The van der Waals surface area contributed by atoms with Gasteiger partial charge < -0.3 is 10.2 Å². The van der Waals surface area contributed by atoms with Gasteiger partial charge >= 0.3 is 0 Å². The Hall–Kier alpha value is -3.65. The predicted molar refractivity (Wildman–Crippen MR) is 137 cm³/mol. The number of anilines is 2. The summed E-state index contributed by atoms with van der Waals surface area (Å²) in [5.41, 5.74) is 3.14. The lowest BCUT2D eigenvalue weighted by molar-refractivity contribution is -0.120. The predicted octanol–water partition coefficient (Wildman–Crippen LogP) is 3.89. The molecule has 1 aliphatic heterocycles. The molecule has 4 rings (SSSR count). The van der Waals surface area contributed by atoms with Gasteiger partial charge in [0.25, 0.3) is 10.0 Å². The van der Waals surface area contributed by atoms with Crippen LogP contribution in [0.4, 0.5) is 11.4 Å². The van der Waals surface area contributed by atoms with E-state index in [9.17, 15) is 18.0 Å². The van der Waals surface area contributed by atoms with Gasteiger partial charge in [0.05, 0.1) is 10.6 Å². The van der Waals surface area contributed by atoms with Crippen molar-refractivity contribution in [2.24, 2.45) is 0 Å². The number of benzene rings is 3. The summed E-state index contributed by atoms with van der Waals surface area (Å²) in [5.74, 6) is -0.325. The van der Waals surface area contributed by atoms with E-state index in [1.165, 1.54) is 12.1 Å². The number of hydrogen-bond donors (Lipinski definition) is 1. The van der Waals surface area contributed by atoms with Crippen molar-refractivity contribution in [3.05, 3.63) is 90.0 Å². The van der Waals surface area contributed by atoms with Crippen molar-refractivity contribution in [1.82, 2.24) is 5.32 Å². The number of amides is 2. The second-order valence-corrected chi connectivity index (χ2v) is 10.3. The quantitative estimate of drug-likeness (QED) is 0.492. The Morgan fingerprint density at radius 2 is 1.71 bits per heavy atom. The largest absolute Gasteiger partial charge is 0.350 e. The minimum atomic E-state index is -3.95. The van der Waals surface area contributed by atoms with Crippen molar-refractivity contribution in [2.45, 2.75) is 37.6 Å². The van der Waals surface area contributed by atoms with Crippen LogP contribution in [0, 0.1) is 0 Å². The van der Waals surface area contributed by atoms with E-state index in [1.54, 1.807) is 35.2 Å². The molecule has 1 N–H and O–H groups in total. The van der Waals surface area contributed by atoms with E-state index in [1.807, 2.05) is 43.3 Å². The van der Waals surface area contributed by atoms with Gasteiger partial charge in [-0.1, -0.05) is 49.4 Å². The highest BCUT2D eigenvalue weighted by Gasteiger charge is 2.27. The molecule has 2 amide bonds. The molecule has 1 aliphatic rings. The standard InChI is InChI=1S/C27H29N3O4S/c1-2-21-13-15-23(16-14-21)30(35(33,34)25-10-4-3-5-11-25)20-26(31)28-19-22-8-6-9-24(18-22)29-17-7-12-27(29)32/h3-6,8-11,13-16,18H,2,7,12,17,19-20H2,1H3,(H,28,31). The fraction of sp³-hybridized carbons (Fsp3) is 0.259. The maximum atomic E-state index is 13.4. The van der Waals surface area contributed by atoms with Crippen molar-refractivity contribution in [2.75, 3.05) is 22.3 Å². The summed E-state index contributed by atoms with van der Waals surface area (Å²) >= 11 is 0. The van der Waals surface area contributed by atoms with E-state index in [0.29, 0.717) is 18.7 Å². The number of hydrogen-bond acceptors (Lipinski definition) is 4. The molecule has 0 radical (unpaired) electrons. The number of aryl methyl sites for hydroxylation is 1. The van der Waals surface area contributed by atoms with E-state index in [4.69, 9.17) is 0 Å². The van der Waals surface area contributed by atoms with Gasteiger partial charge in [-0.15, -0.1) is 0 Å². The van der Waals surface area contributed by atoms with Crippen molar-refractivity contribution in [3.8, 4) is 0 Å². The Bertz CT molecular complexity index is 1290. The lowest BCUT2D eigenvalue weighted by Crippen LogP contribution is -2.40. The van der Waals surface area contributed by atoms with Gasteiger partial charge in [-0.05, 0) is 60.4 Å². The van der Waals surface area contributed by atoms with Crippen molar-refractivity contribution in [1.29, 1.82) is 0 Å². The molecular formula is C27H29N3O4S. The Labute approximate surface area is 206 Å². The summed E-state index contributed by atoms with van der Waals surface area (Å²) in [6, 6.07) is 22.8. The number of sulfonamides is 1. The average Bonchev–Trinajstić information content (AvgIpc) is 3.32. The zero-order valence-corrected chi connectivity index (χ0v) is 20.5. The topological polar surface area (TPSA) is 86.8 Å². The first-order valence-electron chi connectivity index (χ1n) is 11.7. The molecule has 0 atom stereocenters. The van der Waals surface area contributed by atoms with Crippen LogP contribution in [0.5, 0.6) is 0 Å². The minimum Gasteiger partial charge on any atom is -0.350 e. The molecule has 1 saturated heterocycles. The third kappa shape index (κ3) is 5.71. The van der Waals surface area contributed by atoms with Gasteiger partial charge in [-0.25, -0.2) is 8.42 Å². The Balaban J connectivity index is 1.51. The van der Waals surface area contributed by atoms with Crippen LogP contribution >= 0.6 is 0 Å². The van der Waals surface area contributed by atoms with Gasteiger partial charge in [-0.3, -0.25) is 13.9 Å². The first kappa shape index (κ1) is 24.5. The van der Waals surface area contributed by atoms with Crippen molar-refractivity contribution >= 4 is 33.2 Å². The third-order valence-corrected chi connectivity index (χ3v) is 7.82. The van der Waals surface area contributed by atoms with Crippen LogP contribution in [0.25, 0.3) is 0 Å². The van der Waals surface area contributed by atoms with Crippen LogP contribution in [0.15, 0.2) is 83.8 Å². The van der Waals surface area contributed by atoms with Crippen LogP contribution in [0.1, 0.15) is 30.9 Å². The number of carbonyl (C=O) groups excluding carboxylic acids is 2. The normalized spacial score (nSPS) is 13.6. The maximum Gasteiger partial charge on any atom is 0.264 e. The lowest BCUT2D eigenvalue weighted by Gasteiger charge is -2.24. The molecule has 0 aromatic heterocycles. The highest BCUT2D eigenvalue weighted by Crippen LogP contribution is 2.25. The fourth-order valence-corrected chi connectivity index (χ4v) is 5.52. The smallest absolute Gasteiger partial charge is 0.264 e. The summed E-state index contributed by atoms with van der Waals surface area (Å²) in [5, 5.41) is 2.83. The number of rotatable bonds is 9. The number of nitrogens with zero attached hydrogens (tertiary/aromatic N) is 2. The number of nitrogens with one attached hydrogen (secondary N) is 1. The van der Waals surface area contributed by atoms with E-state index < -0.39 is 15.9 Å². The molecular weight excluding hydrogens is 462 g/mol. The van der Waals surface area contributed by atoms with E-state index in [2.05, 4.69) is 5.32 Å². The van der Waals surface area contributed by atoms with E-state index in [-0.39, 0.29) is 23.9 Å². The zero-order chi connectivity index (χ0) is 24.8. The van der Waals surface area contributed by atoms with Crippen molar-refractivity contribution < 1.29 is 18.0 Å². The first-order chi connectivity index (χ1) is 16.9. The van der Waals surface area contributed by atoms with Gasteiger partial charge in [0.15, 0.2) is 0 Å². The van der Waals surface area contributed by atoms with E-state index >= 15 is 0 Å². The molecule has 0 aliphatic carbocycles. The molecule has 182 valence electrons. The summed E-state index contributed by atoms with van der Waals surface area (Å²) in [6.45, 7) is 2.59. The van der Waals surface area contributed by atoms with Crippen molar-refractivity contribution in [3.63, 3.8) is 0 Å². The average molecular weight is 492 g/mol. The molecule has 8 heteroatoms.